The zero-order valence-electron chi connectivity index (χ0n) is 8.70. The van der Waals surface area contributed by atoms with Crippen molar-refractivity contribution in [2.75, 3.05) is 0 Å². The van der Waals surface area contributed by atoms with Gasteiger partial charge in [-0.05, 0) is 36.0 Å². The van der Waals surface area contributed by atoms with Gasteiger partial charge in [0.25, 0.3) is 0 Å². The van der Waals surface area contributed by atoms with Gasteiger partial charge in [-0.2, -0.15) is 0 Å². The molecule has 0 bridgehead atoms. The zero-order chi connectivity index (χ0) is 8.70. The van der Waals surface area contributed by atoms with Crippen LogP contribution >= 0.6 is 0 Å². The SMILES string of the molecule is CC(C)CC1(C)CC(C)(C)C1. The molecule has 1 aliphatic carbocycles. The van der Waals surface area contributed by atoms with Crippen LogP contribution in [0.15, 0.2) is 0 Å². The third-order valence-corrected chi connectivity index (χ3v) is 2.71. The molecule has 66 valence electrons. The Morgan fingerprint density at radius 2 is 1.55 bits per heavy atom. The highest BCUT2D eigenvalue weighted by molar-refractivity contribution is 4.96. The molecular weight excluding hydrogens is 132 g/mol. The summed E-state index contributed by atoms with van der Waals surface area (Å²) < 4.78 is 0. The predicted molar refractivity (Wildman–Crippen MR) is 50.6 cm³/mol. The number of hydrogen-bond acceptors (Lipinski definition) is 0. The Labute approximate surface area is 71.4 Å². The van der Waals surface area contributed by atoms with Gasteiger partial charge in [-0.25, -0.2) is 0 Å². The van der Waals surface area contributed by atoms with Crippen molar-refractivity contribution >= 4 is 0 Å². The van der Waals surface area contributed by atoms with Crippen LogP contribution in [0.1, 0.15) is 53.9 Å². The lowest BCUT2D eigenvalue weighted by molar-refractivity contribution is -0.0132. The van der Waals surface area contributed by atoms with Crippen LogP contribution in [0.3, 0.4) is 0 Å². The molecule has 0 aromatic carbocycles. The van der Waals surface area contributed by atoms with E-state index in [4.69, 9.17) is 0 Å². The van der Waals surface area contributed by atoms with Crippen molar-refractivity contribution in [2.45, 2.75) is 53.9 Å². The van der Waals surface area contributed by atoms with Crippen LogP contribution in [0.4, 0.5) is 0 Å². The largest absolute Gasteiger partial charge is 0.0628 e. The van der Waals surface area contributed by atoms with Gasteiger partial charge in [0.05, 0.1) is 0 Å². The lowest BCUT2D eigenvalue weighted by atomic mass is 9.53. The quantitative estimate of drug-likeness (QED) is 0.566. The van der Waals surface area contributed by atoms with E-state index in [1.165, 1.54) is 19.3 Å². The van der Waals surface area contributed by atoms with E-state index in [1.54, 1.807) is 0 Å². The van der Waals surface area contributed by atoms with Crippen LogP contribution in [0.25, 0.3) is 0 Å². The molecule has 11 heavy (non-hydrogen) atoms. The standard InChI is InChI=1S/C11H22/c1-9(2)6-11(5)7-10(3,4)8-11/h9H,6-8H2,1-5H3. The monoisotopic (exact) mass is 154 g/mol. The first-order valence-corrected chi connectivity index (χ1v) is 4.83. The lowest BCUT2D eigenvalue weighted by Gasteiger charge is -2.52. The highest BCUT2D eigenvalue weighted by atomic mass is 14.5. The molecule has 0 nitrogen and oxygen atoms in total. The molecule has 0 aliphatic heterocycles. The summed E-state index contributed by atoms with van der Waals surface area (Å²) in [5, 5.41) is 0. The number of rotatable bonds is 2. The van der Waals surface area contributed by atoms with E-state index in [0.29, 0.717) is 10.8 Å². The van der Waals surface area contributed by atoms with Crippen molar-refractivity contribution in [2.24, 2.45) is 16.7 Å². The van der Waals surface area contributed by atoms with Gasteiger partial charge in [-0.15, -0.1) is 0 Å². The first-order valence-electron chi connectivity index (χ1n) is 4.83. The normalized spacial score (nSPS) is 26.7. The Hall–Kier alpha value is 0. The molecular formula is C11H22. The van der Waals surface area contributed by atoms with Gasteiger partial charge in [0.1, 0.15) is 0 Å². The van der Waals surface area contributed by atoms with Gasteiger partial charge in [-0.1, -0.05) is 34.6 Å². The Balaban J connectivity index is 2.37. The molecule has 0 aromatic heterocycles. The van der Waals surface area contributed by atoms with Crippen LogP contribution < -0.4 is 0 Å². The summed E-state index contributed by atoms with van der Waals surface area (Å²) >= 11 is 0. The van der Waals surface area contributed by atoms with E-state index in [9.17, 15) is 0 Å². The van der Waals surface area contributed by atoms with E-state index in [-0.39, 0.29) is 0 Å². The fraction of sp³-hybridized carbons (Fsp3) is 1.00. The molecule has 0 heterocycles. The third-order valence-electron chi connectivity index (χ3n) is 2.71. The predicted octanol–water partition coefficient (Wildman–Crippen LogP) is 3.86. The van der Waals surface area contributed by atoms with Gasteiger partial charge >= 0.3 is 0 Å². The molecule has 0 aromatic rings. The average Bonchev–Trinajstić information content (AvgIpc) is 1.52. The van der Waals surface area contributed by atoms with Crippen molar-refractivity contribution in [1.82, 2.24) is 0 Å². The van der Waals surface area contributed by atoms with E-state index < -0.39 is 0 Å². The van der Waals surface area contributed by atoms with Crippen LogP contribution in [0.5, 0.6) is 0 Å². The summed E-state index contributed by atoms with van der Waals surface area (Å²) in [6, 6.07) is 0. The third kappa shape index (κ3) is 2.21. The fourth-order valence-corrected chi connectivity index (χ4v) is 3.39. The topological polar surface area (TPSA) is 0 Å². The molecule has 0 spiro atoms. The maximum absolute atomic E-state index is 2.44. The molecule has 0 amide bonds. The second-order valence-corrected chi connectivity index (χ2v) is 5.93. The molecule has 0 saturated heterocycles. The Kier molecular flexibility index (Phi) is 2.07. The molecule has 1 fully saturated rings. The highest BCUT2D eigenvalue weighted by Crippen LogP contribution is 2.56. The van der Waals surface area contributed by atoms with Crippen molar-refractivity contribution in [1.29, 1.82) is 0 Å². The van der Waals surface area contributed by atoms with Crippen molar-refractivity contribution < 1.29 is 0 Å². The molecule has 0 atom stereocenters. The molecule has 0 N–H and O–H groups in total. The Morgan fingerprint density at radius 3 is 1.82 bits per heavy atom. The van der Waals surface area contributed by atoms with E-state index in [0.717, 1.165) is 5.92 Å². The van der Waals surface area contributed by atoms with Crippen LogP contribution in [-0.2, 0) is 0 Å². The highest BCUT2D eigenvalue weighted by Gasteiger charge is 2.45. The average molecular weight is 154 g/mol. The summed E-state index contributed by atoms with van der Waals surface area (Å²) in [5.41, 5.74) is 1.32. The lowest BCUT2D eigenvalue weighted by Crippen LogP contribution is -2.41. The van der Waals surface area contributed by atoms with Crippen LogP contribution in [-0.4, -0.2) is 0 Å². The minimum Gasteiger partial charge on any atom is -0.0628 e. The van der Waals surface area contributed by atoms with Crippen LogP contribution in [0, 0.1) is 16.7 Å². The zero-order valence-corrected chi connectivity index (χ0v) is 8.70. The Bertz CT molecular complexity index is 129. The van der Waals surface area contributed by atoms with E-state index in [1.807, 2.05) is 0 Å². The molecule has 1 saturated carbocycles. The Morgan fingerprint density at radius 1 is 1.09 bits per heavy atom. The minimum absolute atomic E-state index is 0.643. The summed E-state index contributed by atoms with van der Waals surface area (Å²) in [4.78, 5) is 0. The second-order valence-electron chi connectivity index (χ2n) is 5.93. The summed E-state index contributed by atoms with van der Waals surface area (Å²) in [6.07, 6.45) is 4.27. The summed E-state index contributed by atoms with van der Waals surface area (Å²) in [7, 11) is 0. The molecule has 1 aliphatic rings. The van der Waals surface area contributed by atoms with Gasteiger partial charge in [0.2, 0.25) is 0 Å². The molecule has 0 radical (unpaired) electrons. The molecule has 0 heteroatoms. The minimum atomic E-state index is 0.643. The maximum Gasteiger partial charge on any atom is -0.0313 e. The van der Waals surface area contributed by atoms with Crippen LogP contribution in [0.2, 0.25) is 0 Å². The van der Waals surface area contributed by atoms with E-state index in [2.05, 4.69) is 34.6 Å². The van der Waals surface area contributed by atoms with Gasteiger partial charge in [-0.3, -0.25) is 0 Å². The molecule has 0 unspecified atom stereocenters. The van der Waals surface area contributed by atoms with Gasteiger partial charge < -0.3 is 0 Å². The van der Waals surface area contributed by atoms with Crippen molar-refractivity contribution in [3.63, 3.8) is 0 Å². The maximum atomic E-state index is 2.44. The van der Waals surface area contributed by atoms with Crippen molar-refractivity contribution in [3.05, 3.63) is 0 Å². The summed E-state index contributed by atoms with van der Waals surface area (Å²) in [6.45, 7) is 11.9. The first-order chi connectivity index (χ1) is 4.83. The van der Waals surface area contributed by atoms with E-state index >= 15 is 0 Å². The van der Waals surface area contributed by atoms with Gasteiger partial charge in [0, 0.05) is 0 Å². The second kappa shape index (κ2) is 2.50. The molecule has 1 rings (SSSR count). The number of hydrogen-bond donors (Lipinski definition) is 0. The van der Waals surface area contributed by atoms with Crippen molar-refractivity contribution in [3.8, 4) is 0 Å². The smallest absolute Gasteiger partial charge is 0.0313 e. The fourth-order valence-electron chi connectivity index (χ4n) is 3.39. The first kappa shape index (κ1) is 9.09. The summed E-state index contributed by atoms with van der Waals surface area (Å²) in [5.74, 6) is 0.871. The van der Waals surface area contributed by atoms with Gasteiger partial charge in [0.15, 0.2) is 0 Å².